The molecule has 0 radical (unpaired) electrons. The first kappa shape index (κ1) is 15.6. The monoisotopic (exact) mass is 318 g/mol. The Labute approximate surface area is 122 Å². The summed E-state index contributed by atoms with van der Waals surface area (Å²) < 4.78 is 52.7. The maximum absolute atomic E-state index is 13.5. The van der Waals surface area contributed by atoms with E-state index in [9.17, 15) is 22.4 Å². The summed E-state index contributed by atoms with van der Waals surface area (Å²) in [6.45, 7) is 0. The number of thioether (sulfide) groups is 1. The van der Waals surface area contributed by atoms with Crippen molar-refractivity contribution in [3.63, 3.8) is 0 Å². The van der Waals surface area contributed by atoms with E-state index in [0.717, 1.165) is 16.4 Å². The van der Waals surface area contributed by atoms with Crippen LogP contribution in [-0.2, 0) is 19.0 Å². The first-order valence-electron chi connectivity index (χ1n) is 5.80. The fraction of sp³-hybridized carbons (Fsp3) is 0.231. The highest BCUT2D eigenvalue weighted by molar-refractivity contribution is 7.98. The molecule has 0 N–H and O–H groups in total. The van der Waals surface area contributed by atoms with Crippen molar-refractivity contribution in [1.82, 2.24) is 9.78 Å². The number of aromatic nitrogens is 2. The standard InChI is InChI=1S/C13H10F4N2OS/c1-19-12(9(6-20)11(18-19)13(15,16)17)21-7-8-4-2-3-5-10(8)14/h2-6H,7H2,1H3. The molecule has 0 aliphatic carbocycles. The van der Waals surface area contributed by atoms with E-state index < -0.39 is 23.3 Å². The van der Waals surface area contributed by atoms with Gasteiger partial charge in [-0.1, -0.05) is 18.2 Å². The maximum Gasteiger partial charge on any atom is 0.435 e. The lowest BCUT2D eigenvalue weighted by atomic mass is 10.2. The molecule has 1 aromatic heterocycles. The number of aldehydes is 1. The Balaban J connectivity index is 2.31. The molecule has 21 heavy (non-hydrogen) atoms. The van der Waals surface area contributed by atoms with Crippen LogP contribution in [0.3, 0.4) is 0 Å². The molecule has 2 aromatic rings. The van der Waals surface area contributed by atoms with Crippen LogP contribution in [0.25, 0.3) is 0 Å². The zero-order chi connectivity index (χ0) is 15.6. The van der Waals surface area contributed by atoms with Crippen molar-refractivity contribution < 1.29 is 22.4 Å². The van der Waals surface area contributed by atoms with E-state index in [0.29, 0.717) is 5.56 Å². The highest BCUT2D eigenvalue weighted by atomic mass is 32.2. The molecule has 1 heterocycles. The molecule has 112 valence electrons. The van der Waals surface area contributed by atoms with Crippen LogP contribution in [-0.4, -0.2) is 16.1 Å². The molecule has 3 nitrogen and oxygen atoms in total. The van der Waals surface area contributed by atoms with Crippen LogP contribution in [0.4, 0.5) is 17.6 Å². The molecule has 0 spiro atoms. The van der Waals surface area contributed by atoms with Crippen LogP contribution < -0.4 is 0 Å². The average Bonchev–Trinajstić information content (AvgIpc) is 2.74. The van der Waals surface area contributed by atoms with Gasteiger partial charge in [-0.25, -0.2) is 4.39 Å². The average molecular weight is 318 g/mol. The van der Waals surface area contributed by atoms with Crippen molar-refractivity contribution in [2.45, 2.75) is 17.0 Å². The van der Waals surface area contributed by atoms with E-state index >= 15 is 0 Å². The molecule has 8 heteroatoms. The second-order valence-electron chi connectivity index (χ2n) is 4.19. The molecular weight excluding hydrogens is 308 g/mol. The third-order valence-corrected chi connectivity index (χ3v) is 3.95. The van der Waals surface area contributed by atoms with Crippen molar-refractivity contribution in [3.05, 3.63) is 46.9 Å². The molecule has 0 amide bonds. The topological polar surface area (TPSA) is 34.9 Å². The molecular formula is C13H10F4N2OS. The predicted octanol–water partition coefficient (Wildman–Crippen LogP) is 3.68. The Bertz CT molecular complexity index is 667. The number of benzene rings is 1. The van der Waals surface area contributed by atoms with Crippen molar-refractivity contribution in [2.75, 3.05) is 0 Å². The molecule has 0 saturated carbocycles. The lowest BCUT2D eigenvalue weighted by Gasteiger charge is -2.05. The Morgan fingerprint density at radius 3 is 2.57 bits per heavy atom. The highest BCUT2D eigenvalue weighted by Crippen LogP contribution is 2.35. The summed E-state index contributed by atoms with van der Waals surface area (Å²) in [5.41, 5.74) is -1.41. The van der Waals surface area contributed by atoms with Crippen molar-refractivity contribution in [1.29, 1.82) is 0 Å². The number of aryl methyl sites for hydroxylation is 1. The third kappa shape index (κ3) is 3.26. The normalized spacial score (nSPS) is 11.7. The van der Waals surface area contributed by atoms with Gasteiger partial charge >= 0.3 is 6.18 Å². The van der Waals surface area contributed by atoms with Gasteiger partial charge in [0.25, 0.3) is 0 Å². The van der Waals surface area contributed by atoms with Crippen LogP contribution in [0.15, 0.2) is 29.3 Å². The van der Waals surface area contributed by atoms with Crippen molar-refractivity contribution in [3.8, 4) is 0 Å². The summed E-state index contributed by atoms with van der Waals surface area (Å²) in [5.74, 6) is -0.347. The minimum atomic E-state index is -4.70. The predicted molar refractivity (Wildman–Crippen MR) is 69.6 cm³/mol. The Hall–Kier alpha value is -1.83. The van der Waals surface area contributed by atoms with Gasteiger partial charge in [-0.05, 0) is 11.6 Å². The van der Waals surface area contributed by atoms with E-state index in [1.807, 2.05) is 0 Å². The number of nitrogens with zero attached hydrogens (tertiary/aromatic N) is 2. The molecule has 0 bridgehead atoms. The van der Waals surface area contributed by atoms with Crippen LogP contribution in [0.1, 0.15) is 21.6 Å². The van der Waals surface area contributed by atoms with Gasteiger partial charge in [0.15, 0.2) is 12.0 Å². The van der Waals surface area contributed by atoms with E-state index in [1.165, 1.54) is 25.2 Å². The number of halogens is 4. The van der Waals surface area contributed by atoms with Gasteiger partial charge in [-0.3, -0.25) is 9.48 Å². The summed E-state index contributed by atoms with van der Waals surface area (Å²) in [6, 6.07) is 5.95. The van der Waals surface area contributed by atoms with E-state index in [2.05, 4.69) is 5.10 Å². The van der Waals surface area contributed by atoms with Crippen LogP contribution >= 0.6 is 11.8 Å². The number of hydrogen-bond acceptors (Lipinski definition) is 3. The molecule has 0 aliphatic heterocycles. The van der Waals surface area contributed by atoms with Crippen molar-refractivity contribution in [2.24, 2.45) is 7.05 Å². The molecule has 1 aromatic carbocycles. The summed E-state index contributed by atoms with van der Waals surface area (Å²) in [5, 5.41) is 3.39. The zero-order valence-corrected chi connectivity index (χ0v) is 11.6. The lowest BCUT2D eigenvalue weighted by Crippen LogP contribution is -2.09. The first-order valence-corrected chi connectivity index (χ1v) is 6.78. The summed E-state index contributed by atoms with van der Waals surface area (Å²) in [6.07, 6.45) is -4.58. The van der Waals surface area contributed by atoms with Gasteiger partial charge in [0.2, 0.25) is 0 Å². The highest BCUT2D eigenvalue weighted by Gasteiger charge is 2.38. The number of rotatable bonds is 4. The number of carbonyl (C=O) groups excluding carboxylic acids is 1. The number of hydrogen-bond donors (Lipinski definition) is 0. The van der Waals surface area contributed by atoms with Gasteiger partial charge in [-0.15, -0.1) is 11.8 Å². The molecule has 0 saturated heterocycles. The fourth-order valence-electron chi connectivity index (χ4n) is 1.77. The minimum Gasteiger partial charge on any atom is -0.298 e. The second kappa shape index (κ2) is 5.88. The van der Waals surface area contributed by atoms with E-state index in [4.69, 9.17) is 0 Å². The Morgan fingerprint density at radius 1 is 1.33 bits per heavy atom. The Kier molecular flexibility index (Phi) is 4.36. The third-order valence-electron chi connectivity index (χ3n) is 2.74. The number of alkyl halides is 3. The fourth-order valence-corrected chi connectivity index (χ4v) is 2.83. The van der Waals surface area contributed by atoms with Gasteiger partial charge in [0, 0.05) is 12.8 Å². The smallest absolute Gasteiger partial charge is 0.298 e. The SMILES string of the molecule is Cn1nc(C(F)(F)F)c(C=O)c1SCc1ccccc1F. The van der Waals surface area contributed by atoms with E-state index in [-0.39, 0.29) is 17.1 Å². The first-order chi connectivity index (χ1) is 9.84. The molecule has 0 atom stereocenters. The largest absolute Gasteiger partial charge is 0.435 e. The van der Waals surface area contributed by atoms with Crippen LogP contribution in [0, 0.1) is 5.82 Å². The van der Waals surface area contributed by atoms with Gasteiger partial charge in [0.1, 0.15) is 10.8 Å². The maximum atomic E-state index is 13.5. The summed E-state index contributed by atoms with van der Waals surface area (Å²) in [7, 11) is 1.31. The van der Waals surface area contributed by atoms with Gasteiger partial charge < -0.3 is 0 Å². The molecule has 2 rings (SSSR count). The van der Waals surface area contributed by atoms with Crippen LogP contribution in [0.2, 0.25) is 0 Å². The molecule has 0 aliphatic rings. The lowest BCUT2D eigenvalue weighted by molar-refractivity contribution is -0.141. The molecule has 0 unspecified atom stereocenters. The quantitative estimate of drug-likeness (QED) is 0.490. The van der Waals surface area contributed by atoms with Crippen molar-refractivity contribution >= 4 is 18.0 Å². The van der Waals surface area contributed by atoms with E-state index in [1.54, 1.807) is 6.07 Å². The zero-order valence-electron chi connectivity index (χ0n) is 10.8. The van der Waals surface area contributed by atoms with Gasteiger partial charge in [-0.2, -0.15) is 18.3 Å². The van der Waals surface area contributed by atoms with Gasteiger partial charge in [0.05, 0.1) is 5.56 Å². The van der Waals surface area contributed by atoms with Crippen LogP contribution in [0.5, 0.6) is 0 Å². The second-order valence-corrected chi connectivity index (χ2v) is 5.15. The minimum absolute atomic E-state index is 0.0561. The number of carbonyl (C=O) groups is 1. The summed E-state index contributed by atoms with van der Waals surface area (Å²) >= 11 is 0.932. The Morgan fingerprint density at radius 2 is 2.00 bits per heavy atom. The molecule has 0 fully saturated rings. The summed E-state index contributed by atoms with van der Waals surface area (Å²) in [4.78, 5) is 10.9.